The molecule has 0 aliphatic carbocycles. The lowest BCUT2D eigenvalue weighted by molar-refractivity contribution is 0.0595. The SMILES string of the molecule is CC(C)(C)CN1CCCC2(CCN(C(=O)c3ccc(Cn4cnnn4)cc3)C2)C1. The zero-order chi connectivity index (χ0) is 20.5. The molecule has 7 nitrogen and oxygen atoms in total. The van der Waals surface area contributed by atoms with E-state index in [1.54, 1.807) is 11.0 Å². The highest BCUT2D eigenvalue weighted by molar-refractivity contribution is 5.94. The van der Waals surface area contributed by atoms with Crippen LogP contribution in [0.25, 0.3) is 0 Å². The molecular formula is C22H32N6O. The van der Waals surface area contributed by atoms with E-state index >= 15 is 0 Å². The average molecular weight is 397 g/mol. The van der Waals surface area contributed by atoms with Crippen LogP contribution in [0.3, 0.4) is 0 Å². The second-order valence-electron chi connectivity index (χ2n) is 10.1. The van der Waals surface area contributed by atoms with E-state index in [1.165, 1.54) is 19.4 Å². The normalized spacial score (nSPS) is 23.1. The number of carbonyl (C=O) groups is 1. The summed E-state index contributed by atoms with van der Waals surface area (Å²) in [4.78, 5) is 17.8. The van der Waals surface area contributed by atoms with Crippen molar-refractivity contribution >= 4 is 5.91 Å². The number of hydrogen-bond acceptors (Lipinski definition) is 5. The second-order valence-corrected chi connectivity index (χ2v) is 10.1. The summed E-state index contributed by atoms with van der Waals surface area (Å²) in [5.41, 5.74) is 2.44. The Hall–Kier alpha value is -2.28. The third kappa shape index (κ3) is 4.83. The van der Waals surface area contributed by atoms with Gasteiger partial charge in [-0.05, 0) is 59.3 Å². The Labute approximate surface area is 173 Å². The van der Waals surface area contributed by atoms with E-state index in [1.807, 2.05) is 24.3 Å². The van der Waals surface area contributed by atoms with E-state index in [0.717, 1.165) is 43.7 Å². The largest absolute Gasteiger partial charge is 0.338 e. The summed E-state index contributed by atoms with van der Waals surface area (Å²) >= 11 is 0. The lowest BCUT2D eigenvalue weighted by Gasteiger charge is -2.42. The van der Waals surface area contributed by atoms with Gasteiger partial charge in [0.1, 0.15) is 6.33 Å². The molecule has 1 unspecified atom stereocenters. The smallest absolute Gasteiger partial charge is 0.253 e. The Kier molecular flexibility index (Phi) is 5.42. The molecule has 0 bridgehead atoms. The van der Waals surface area contributed by atoms with Crippen LogP contribution in [0.5, 0.6) is 0 Å². The Bertz CT molecular complexity index is 826. The molecule has 29 heavy (non-hydrogen) atoms. The van der Waals surface area contributed by atoms with Gasteiger partial charge in [0.15, 0.2) is 0 Å². The summed E-state index contributed by atoms with van der Waals surface area (Å²) in [5, 5.41) is 11.2. The molecule has 2 fully saturated rings. The zero-order valence-electron chi connectivity index (χ0n) is 17.8. The topological polar surface area (TPSA) is 67.2 Å². The summed E-state index contributed by atoms with van der Waals surface area (Å²) in [6.07, 6.45) is 5.19. The third-order valence-electron chi connectivity index (χ3n) is 6.10. The molecule has 1 spiro atoms. The standard InChI is InChI=1S/C22H32N6O/c1-21(2,3)14-26-11-4-9-22(15-26)10-12-27(16-22)20(29)19-7-5-18(6-8-19)13-28-17-23-24-25-28/h5-8,17H,4,9-16H2,1-3H3. The second kappa shape index (κ2) is 7.86. The Morgan fingerprint density at radius 1 is 1.10 bits per heavy atom. The van der Waals surface area contributed by atoms with Gasteiger partial charge in [0.25, 0.3) is 5.91 Å². The van der Waals surface area contributed by atoms with E-state index < -0.39 is 0 Å². The van der Waals surface area contributed by atoms with Crippen LogP contribution in [0.2, 0.25) is 0 Å². The molecular weight excluding hydrogens is 364 g/mol. The zero-order valence-corrected chi connectivity index (χ0v) is 17.8. The third-order valence-corrected chi connectivity index (χ3v) is 6.10. The van der Waals surface area contributed by atoms with Gasteiger partial charge >= 0.3 is 0 Å². The molecule has 2 aliphatic heterocycles. The molecule has 1 aromatic carbocycles. The number of carbonyl (C=O) groups excluding carboxylic acids is 1. The van der Waals surface area contributed by atoms with Crippen LogP contribution in [0, 0.1) is 10.8 Å². The van der Waals surface area contributed by atoms with Gasteiger partial charge in [0, 0.05) is 37.2 Å². The molecule has 156 valence electrons. The van der Waals surface area contributed by atoms with Crippen molar-refractivity contribution in [2.24, 2.45) is 10.8 Å². The molecule has 7 heteroatoms. The molecule has 0 radical (unpaired) electrons. The maximum Gasteiger partial charge on any atom is 0.253 e. The van der Waals surface area contributed by atoms with Gasteiger partial charge in [-0.3, -0.25) is 4.79 Å². The molecule has 2 aliphatic rings. The van der Waals surface area contributed by atoms with Crippen molar-refractivity contribution in [2.75, 3.05) is 32.7 Å². The first-order valence-corrected chi connectivity index (χ1v) is 10.6. The highest BCUT2D eigenvalue weighted by Crippen LogP contribution is 2.40. The fourth-order valence-corrected chi connectivity index (χ4v) is 4.93. The molecule has 1 amide bonds. The van der Waals surface area contributed by atoms with Crippen LogP contribution >= 0.6 is 0 Å². The molecule has 4 rings (SSSR count). The van der Waals surface area contributed by atoms with Crippen molar-refractivity contribution in [1.82, 2.24) is 30.0 Å². The highest BCUT2D eigenvalue weighted by Gasteiger charge is 2.43. The van der Waals surface area contributed by atoms with Crippen molar-refractivity contribution in [3.8, 4) is 0 Å². The van der Waals surface area contributed by atoms with Crippen molar-refractivity contribution in [3.63, 3.8) is 0 Å². The number of amides is 1. The summed E-state index contributed by atoms with van der Waals surface area (Å²) in [7, 11) is 0. The molecule has 2 aromatic rings. The van der Waals surface area contributed by atoms with Crippen LogP contribution in [-0.2, 0) is 6.54 Å². The Balaban J connectivity index is 1.37. The highest BCUT2D eigenvalue weighted by atomic mass is 16.2. The quantitative estimate of drug-likeness (QED) is 0.795. The van der Waals surface area contributed by atoms with Gasteiger partial charge in [0.2, 0.25) is 0 Å². The van der Waals surface area contributed by atoms with Gasteiger partial charge < -0.3 is 9.80 Å². The van der Waals surface area contributed by atoms with E-state index in [4.69, 9.17) is 0 Å². The Morgan fingerprint density at radius 2 is 1.90 bits per heavy atom. The number of likely N-dealkylation sites (tertiary alicyclic amines) is 2. The first kappa shape index (κ1) is 20.0. The van der Waals surface area contributed by atoms with Crippen LogP contribution in [0.1, 0.15) is 56.0 Å². The summed E-state index contributed by atoms with van der Waals surface area (Å²) in [5.74, 6) is 0.156. The van der Waals surface area contributed by atoms with Crippen molar-refractivity contribution in [2.45, 2.75) is 46.6 Å². The molecule has 3 heterocycles. The minimum absolute atomic E-state index is 0.156. The van der Waals surface area contributed by atoms with Gasteiger partial charge in [-0.15, -0.1) is 5.10 Å². The minimum atomic E-state index is 0.156. The van der Waals surface area contributed by atoms with Gasteiger partial charge in [-0.25, -0.2) is 4.68 Å². The van der Waals surface area contributed by atoms with Crippen molar-refractivity contribution < 1.29 is 4.79 Å². The van der Waals surface area contributed by atoms with Crippen LogP contribution in [0.15, 0.2) is 30.6 Å². The summed E-state index contributed by atoms with van der Waals surface area (Å²) in [6, 6.07) is 7.85. The van der Waals surface area contributed by atoms with Crippen molar-refractivity contribution in [1.29, 1.82) is 0 Å². The first-order chi connectivity index (χ1) is 13.8. The molecule has 0 saturated carbocycles. The monoisotopic (exact) mass is 396 g/mol. The van der Waals surface area contributed by atoms with E-state index in [0.29, 0.717) is 12.0 Å². The number of piperidine rings is 1. The van der Waals surface area contributed by atoms with Crippen molar-refractivity contribution in [3.05, 3.63) is 41.7 Å². The maximum atomic E-state index is 13.1. The number of benzene rings is 1. The predicted molar refractivity (Wildman–Crippen MR) is 111 cm³/mol. The Morgan fingerprint density at radius 3 is 2.59 bits per heavy atom. The summed E-state index contributed by atoms with van der Waals surface area (Å²) < 4.78 is 1.67. The van der Waals surface area contributed by atoms with Crippen LogP contribution in [-0.4, -0.2) is 68.6 Å². The number of hydrogen-bond donors (Lipinski definition) is 0. The number of nitrogens with zero attached hydrogens (tertiary/aromatic N) is 6. The van der Waals surface area contributed by atoms with E-state index in [9.17, 15) is 4.79 Å². The fraction of sp³-hybridized carbons (Fsp3) is 0.636. The first-order valence-electron chi connectivity index (χ1n) is 10.6. The average Bonchev–Trinajstić information content (AvgIpc) is 3.31. The minimum Gasteiger partial charge on any atom is -0.338 e. The van der Waals surface area contributed by atoms with E-state index in [-0.39, 0.29) is 11.3 Å². The van der Waals surface area contributed by atoms with Gasteiger partial charge in [0.05, 0.1) is 6.54 Å². The number of aromatic nitrogens is 4. The lowest BCUT2D eigenvalue weighted by atomic mass is 9.78. The maximum absolute atomic E-state index is 13.1. The van der Waals surface area contributed by atoms with Gasteiger partial charge in [-0.1, -0.05) is 32.9 Å². The number of tetrazole rings is 1. The predicted octanol–water partition coefficient (Wildman–Crippen LogP) is 2.70. The molecule has 1 aromatic heterocycles. The van der Waals surface area contributed by atoms with Crippen LogP contribution in [0.4, 0.5) is 0 Å². The van der Waals surface area contributed by atoms with Gasteiger partial charge in [-0.2, -0.15) is 0 Å². The fourth-order valence-electron chi connectivity index (χ4n) is 4.93. The molecule has 1 atom stereocenters. The van der Waals surface area contributed by atoms with Crippen LogP contribution < -0.4 is 0 Å². The lowest BCUT2D eigenvalue weighted by Crippen LogP contribution is -2.47. The molecule has 2 saturated heterocycles. The van der Waals surface area contributed by atoms with E-state index in [2.05, 4.69) is 46.1 Å². The summed E-state index contributed by atoms with van der Waals surface area (Å²) in [6.45, 7) is 12.7. The molecule has 0 N–H and O–H groups in total. The number of rotatable bonds is 4.